The van der Waals surface area contributed by atoms with Gasteiger partial charge in [0.25, 0.3) is 0 Å². The van der Waals surface area contributed by atoms with E-state index in [1.54, 1.807) is 12.0 Å². The molecule has 0 aliphatic carbocycles. The maximum absolute atomic E-state index is 13.1. The Labute approximate surface area is 191 Å². The minimum absolute atomic E-state index is 0.0231. The van der Waals surface area contributed by atoms with Crippen LogP contribution in [0.1, 0.15) is 45.6 Å². The van der Waals surface area contributed by atoms with Crippen LogP contribution in [0.25, 0.3) is 0 Å². The summed E-state index contributed by atoms with van der Waals surface area (Å²) in [5, 5.41) is 2.96. The van der Waals surface area contributed by atoms with Crippen molar-refractivity contribution in [1.82, 2.24) is 10.2 Å². The molecule has 0 saturated heterocycles. The average molecular weight is 441 g/mol. The largest absolute Gasteiger partial charge is 0.497 e. The highest BCUT2D eigenvalue weighted by Crippen LogP contribution is 2.17. The quantitative estimate of drug-likeness (QED) is 0.474. The topological polar surface area (TPSA) is 67.9 Å². The second-order valence-electron chi connectivity index (χ2n) is 8.04. The molecule has 0 fully saturated rings. The van der Waals surface area contributed by atoms with Crippen molar-refractivity contribution in [2.75, 3.05) is 20.3 Å². The maximum atomic E-state index is 13.1. The Balaban J connectivity index is 1.97. The van der Waals surface area contributed by atoms with Crippen molar-refractivity contribution in [2.45, 2.75) is 58.5 Å². The Morgan fingerprint density at radius 1 is 1.00 bits per heavy atom. The van der Waals surface area contributed by atoms with Crippen LogP contribution >= 0.6 is 0 Å². The number of amides is 2. The van der Waals surface area contributed by atoms with Gasteiger partial charge in [0.2, 0.25) is 11.8 Å². The van der Waals surface area contributed by atoms with Gasteiger partial charge in [-0.1, -0.05) is 37.3 Å². The van der Waals surface area contributed by atoms with Gasteiger partial charge in [0, 0.05) is 19.0 Å². The molecule has 2 rings (SSSR count). The van der Waals surface area contributed by atoms with Crippen LogP contribution in [0.15, 0.2) is 54.6 Å². The molecule has 1 atom stereocenters. The molecule has 2 amide bonds. The molecule has 174 valence electrons. The molecule has 0 aliphatic rings. The summed E-state index contributed by atoms with van der Waals surface area (Å²) in [7, 11) is 1.62. The van der Waals surface area contributed by atoms with Crippen molar-refractivity contribution in [2.24, 2.45) is 0 Å². The van der Waals surface area contributed by atoms with Gasteiger partial charge in [-0.2, -0.15) is 0 Å². The number of hydrogen-bond donors (Lipinski definition) is 1. The zero-order valence-corrected chi connectivity index (χ0v) is 19.7. The molecule has 0 saturated carbocycles. The van der Waals surface area contributed by atoms with E-state index < -0.39 is 6.04 Å². The molecule has 0 aromatic heterocycles. The summed E-state index contributed by atoms with van der Waals surface area (Å²) in [6.07, 6.45) is 2.19. The second-order valence-corrected chi connectivity index (χ2v) is 8.04. The van der Waals surface area contributed by atoms with Crippen LogP contribution in [-0.4, -0.2) is 49.1 Å². The molecular formula is C26H36N2O4. The lowest BCUT2D eigenvalue weighted by Crippen LogP contribution is -2.51. The number of ether oxygens (including phenoxy) is 2. The van der Waals surface area contributed by atoms with Crippen LogP contribution in [0, 0.1) is 0 Å². The number of nitrogens with one attached hydrogen (secondary N) is 1. The summed E-state index contributed by atoms with van der Waals surface area (Å²) in [6, 6.07) is 16.9. The number of nitrogens with zero attached hydrogens (tertiary/aromatic N) is 1. The first-order chi connectivity index (χ1) is 15.4. The Kier molecular flexibility index (Phi) is 10.6. The molecule has 32 heavy (non-hydrogen) atoms. The van der Waals surface area contributed by atoms with E-state index in [1.807, 2.05) is 75.4 Å². The summed E-state index contributed by atoms with van der Waals surface area (Å²) in [5.41, 5.74) is 1.15. The molecule has 0 radical (unpaired) electrons. The highest BCUT2D eigenvalue weighted by Gasteiger charge is 2.28. The van der Waals surface area contributed by atoms with E-state index in [1.165, 1.54) is 0 Å². The van der Waals surface area contributed by atoms with Crippen LogP contribution in [0.2, 0.25) is 0 Å². The normalized spacial score (nSPS) is 11.7. The molecule has 2 aromatic rings. The highest BCUT2D eigenvalue weighted by molar-refractivity contribution is 5.87. The number of rotatable bonds is 13. The van der Waals surface area contributed by atoms with Gasteiger partial charge in [-0.05, 0) is 62.9 Å². The third-order valence-corrected chi connectivity index (χ3v) is 5.16. The van der Waals surface area contributed by atoms with E-state index in [0.717, 1.165) is 17.1 Å². The van der Waals surface area contributed by atoms with E-state index in [9.17, 15) is 9.59 Å². The molecule has 0 spiro atoms. The van der Waals surface area contributed by atoms with Gasteiger partial charge in [0.1, 0.15) is 17.5 Å². The van der Waals surface area contributed by atoms with Crippen molar-refractivity contribution in [3.63, 3.8) is 0 Å². The van der Waals surface area contributed by atoms with Crippen LogP contribution in [-0.2, 0) is 16.0 Å². The lowest BCUT2D eigenvalue weighted by atomic mass is 10.1. The first kappa shape index (κ1) is 25.2. The number of carbonyl (C=O) groups is 2. The summed E-state index contributed by atoms with van der Waals surface area (Å²) in [4.78, 5) is 27.6. The van der Waals surface area contributed by atoms with Gasteiger partial charge in [0.15, 0.2) is 0 Å². The molecular weight excluding hydrogens is 404 g/mol. The van der Waals surface area contributed by atoms with Crippen molar-refractivity contribution in [3.05, 3.63) is 60.2 Å². The smallest absolute Gasteiger partial charge is 0.242 e. The van der Waals surface area contributed by atoms with Crippen LogP contribution in [0.3, 0.4) is 0 Å². The van der Waals surface area contributed by atoms with Crippen LogP contribution in [0.4, 0.5) is 0 Å². The number of carbonyl (C=O) groups excluding carboxylic acids is 2. The summed E-state index contributed by atoms with van der Waals surface area (Å²) >= 11 is 0. The first-order valence-electron chi connectivity index (χ1n) is 11.3. The minimum Gasteiger partial charge on any atom is -0.497 e. The van der Waals surface area contributed by atoms with E-state index in [-0.39, 0.29) is 17.9 Å². The predicted molar refractivity (Wildman–Crippen MR) is 127 cm³/mol. The van der Waals surface area contributed by atoms with E-state index in [2.05, 4.69) is 5.32 Å². The maximum Gasteiger partial charge on any atom is 0.242 e. The second kappa shape index (κ2) is 13.4. The fourth-order valence-electron chi connectivity index (χ4n) is 3.51. The zero-order chi connectivity index (χ0) is 23.3. The minimum atomic E-state index is -0.476. The monoisotopic (exact) mass is 440 g/mol. The molecule has 6 nitrogen and oxygen atoms in total. The highest BCUT2D eigenvalue weighted by atomic mass is 16.5. The fraction of sp³-hybridized carbons (Fsp3) is 0.462. The number of hydrogen-bond acceptors (Lipinski definition) is 4. The molecule has 1 unspecified atom stereocenters. The molecule has 2 aromatic carbocycles. The van der Waals surface area contributed by atoms with E-state index in [0.29, 0.717) is 38.8 Å². The number of benzene rings is 2. The lowest BCUT2D eigenvalue weighted by molar-refractivity contribution is -0.141. The van der Waals surface area contributed by atoms with Crippen LogP contribution in [0.5, 0.6) is 11.5 Å². The summed E-state index contributed by atoms with van der Waals surface area (Å²) in [6.45, 7) is 6.74. The third-order valence-electron chi connectivity index (χ3n) is 5.16. The molecule has 0 bridgehead atoms. The lowest BCUT2D eigenvalue weighted by Gasteiger charge is -2.31. The van der Waals surface area contributed by atoms with Gasteiger partial charge in [0.05, 0.1) is 13.7 Å². The zero-order valence-electron chi connectivity index (χ0n) is 19.7. The van der Waals surface area contributed by atoms with Crippen molar-refractivity contribution in [1.29, 1.82) is 0 Å². The Bertz CT molecular complexity index is 821. The van der Waals surface area contributed by atoms with Gasteiger partial charge in [-0.25, -0.2) is 0 Å². The van der Waals surface area contributed by atoms with Crippen LogP contribution < -0.4 is 14.8 Å². The predicted octanol–water partition coefficient (Wildman–Crippen LogP) is 4.23. The molecule has 1 N–H and O–H groups in total. The summed E-state index contributed by atoms with van der Waals surface area (Å²) in [5.74, 6) is 1.39. The number of methoxy groups -OCH3 is 1. The van der Waals surface area contributed by atoms with Gasteiger partial charge < -0.3 is 19.7 Å². The molecule has 0 aliphatic heterocycles. The SMILES string of the molecule is CCC(C(=O)NC(C)C)N(CCc1ccccc1)C(=O)CCCOc1ccc(OC)cc1. The standard InChI is InChI=1S/C26H36N2O4/c1-5-24(26(30)27-20(2)3)28(18-17-21-10-7-6-8-11-21)25(29)12-9-19-32-23-15-13-22(31-4)14-16-23/h6-8,10-11,13-16,20,24H,5,9,12,17-19H2,1-4H3,(H,27,30). The van der Waals surface area contributed by atoms with Crippen molar-refractivity contribution >= 4 is 11.8 Å². The van der Waals surface area contributed by atoms with Crippen molar-refractivity contribution in [3.8, 4) is 11.5 Å². The van der Waals surface area contributed by atoms with Crippen molar-refractivity contribution < 1.29 is 19.1 Å². The Morgan fingerprint density at radius 2 is 1.66 bits per heavy atom. The molecule has 6 heteroatoms. The fourth-order valence-corrected chi connectivity index (χ4v) is 3.51. The van der Waals surface area contributed by atoms with Gasteiger partial charge in [-0.15, -0.1) is 0 Å². The Hall–Kier alpha value is -3.02. The van der Waals surface area contributed by atoms with E-state index >= 15 is 0 Å². The Morgan fingerprint density at radius 3 is 2.25 bits per heavy atom. The van der Waals surface area contributed by atoms with E-state index in [4.69, 9.17) is 9.47 Å². The van der Waals surface area contributed by atoms with Gasteiger partial charge >= 0.3 is 0 Å². The van der Waals surface area contributed by atoms with Gasteiger partial charge in [-0.3, -0.25) is 9.59 Å². The first-order valence-corrected chi connectivity index (χ1v) is 11.3. The average Bonchev–Trinajstić information content (AvgIpc) is 2.79. The molecule has 0 heterocycles. The third kappa shape index (κ3) is 8.25. The summed E-state index contributed by atoms with van der Waals surface area (Å²) < 4.78 is 10.9.